The molecule has 0 aliphatic rings. The van der Waals surface area contributed by atoms with Crippen LogP contribution < -0.4 is 20.9 Å². The molecule has 0 unspecified atom stereocenters. The highest BCUT2D eigenvalue weighted by atomic mass is 16.5. The van der Waals surface area contributed by atoms with E-state index in [9.17, 15) is 14.4 Å². The number of anilines is 1. The van der Waals surface area contributed by atoms with Crippen LogP contribution in [0.5, 0.6) is 5.75 Å². The molecular formula is C21H25N3O4. The van der Waals surface area contributed by atoms with Crippen molar-refractivity contribution in [3.05, 3.63) is 59.7 Å². The SMILES string of the molecule is CCCOc1cccc(C(=O)NNC(=O)c2ccc(NC(=O)C(C)C)cc2)c1. The van der Waals surface area contributed by atoms with Gasteiger partial charge in [0.2, 0.25) is 5.91 Å². The molecule has 2 aromatic carbocycles. The molecule has 7 heteroatoms. The number of amides is 3. The molecule has 0 aromatic heterocycles. The molecule has 3 amide bonds. The second-order valence-corrected chi connectivity index (χ2v) is 6.51. The fourth-order valence-corrected chi connectivity index (χ4v) is 2.20. The molecule has 0 atom stereocenters. The van der Waals surface area contributed by atoms with Crippen molar-refractivity contribution in [2.75, 3.05) is 11.9 Å². The standard InChI is InChI=1S/C21H25N3O4/c1-4-12-28-18-7-5-6-16(13-18)21(27)24-23-20(26)15-8-10-17(11-9-15)22-19(25)14(2)3/h5-11,13-14H,4,12H2,1-3H3,(H,22,25)(H,23,26)(H,24,27). The Morgan fingerprint density at radius 3 is 2.18 bits per heavy atom. The molecule has 0 heterocycles. The van der Waals surface area contributed by atoms with Gasteiger partial charge in [-0.3, -0.25) is 25.2 Å². The van der Waals surface area contributed by atoms with E-state index >= 15 is 0 Å². The van der Waals surface area contributed by atoms with E-state index in [4.69, 9.17) is 4.74 Å². The van der Waals surface area contributed by atoms with Gasteiger partial charge in [-0.05, 0) is 48.9 Å². The zero-order chi connectivity index (χ0) is 20.5. The number of carbonyl (C=O) groups excluding carboxylic acids is 3. The molecule has 0 saturated heterocycles. The molecule has 0 spiro atoms. The first-order valence-electron chi connectivity index (χ1n) is 9.15. The van der Waals surface area contributed by atoms with Crippen LogP contribution >= 0.6 is 0 Å². The van der Waals surface area contributed by atoms with Crippen LogP contribution in [0.2, 0.25) is 0 Å². The second-order valence-electron chi connectivity index (χ2n) is 6.51. The van der Waals surface area contributed by atoms with Crippen molar-refractivity contribution in [2.45, 2.75) is 27.2 Å². The molecule has 7 nitrogen and oxygen atoms in total. The first-order valence-corrected chi connectivity index (χ1v) is 9.15. The maximum Gasteiger partial charge on any atom is 0.269 e. The first-order chi connectivity index (χ1) is 13.4. The molecule has 2 rings (SSSR count). The highest BCUT2D eigenvalue weighted by Gasteiger charge is 2.11. The third-order valence-electron chi connectivity index (χ3n) is 3.80. The Balaban J connectivity index is 1.91. The van der Waals surface area contributed by atoms with Gasteiger partial charge in [-0.15, -0.1) is 0 Å². The molecule has 2 aromatic rings. The van der Waals surface area contributed by atoms with Crippen molar-refractivity contribution in [2.24, 2.45) is 5.92 Å². The van der Waals surface area contributed by atoms with Crippen LogP contribution in [-0.4, -0.2) is 24.3 Å². The predicted molar refractivity (Wildman–Crippen MR) is 107 cm³/mol. The van der Waals surface area contributed by atoms with E-state index in [0.29, 0.717) is 29.2 Å². The van der Waals surface area contributed by atoms with Gasteiger partial charge in [-0.2, -0.15) is 0 Å². The second kappa shape index (κ2) is 10.1. The summed E-state index contributed by atoms with van der Waals surface area (Å²) < 4.78 is 5.50. The van der Waals surface area contributed by atoms with E-state index in [0.717, 1.165) is 6.42 Å². The minimum Gasteiger partial charge on any atom is -0.494 e. The van der Waals surface area contributed by atoms with Crippen molar-refractivity contribution in [1.29, 1.82) is 0 Å². The van der Waals surface area contributed by atoms with E-state index in [1.54, 1.807) is 62.4 Å². The summed E-state index contributed by atoms with van der Waals surface area (Å²) in [5, 5.41) is 2.75. The molecule has 0 aliphatic heterocycles. The molecular weight excluding hydrogens is 358 g/mol. The van der Waals surface area contributed by atoms with Crippen molar-refractivity contribution >= 4 is 23.4 Å². The lowest BCUT2D eigenvalue weighted by Gasteiger charge is -2.10. The van der Waals surface area contributed by atoms with Crippen molar-refractivity contribution in [3.8, 4) is 5.75 Å². The Labute approximate surface area is 164 Å². The lowest BCUT2D eigenvalue weighted by molar-refractivity contribution is -0.118. The van der Waals surface area contributed by atoms with Gasteiger partial charge in [-0.1, -0.05) is 26.8 Å². The Morgan fingerprint density at radius 2 is 1.57 bits per heavy atom. The summed E-state index contributed by atoms with van der Waals surface area (Å²) in [6, 6.07) is 13.1. The van der Waals surface area contributed by atoms with Crippen LogP contribution in [0.4, 0.5) is 5.69 Å². The topological polar surface area (TPSA) is 96.5 Å². The van der Waals surface area contributed by atoms with Crippen LogP contribution in [-0.2, 0) is 4.79 Å². The zero-order valence-corrected chi connectivity index (χ0v) is 16.2. The van der Waals surface area contributed by atoms with Crippen LogP contribution in [0.25, 0.3) is 0 Å². The lowest BCUT2D eigenvalue weighted by atomic mass is 10.1. The molecule has 3 N–H and O–H groups in total. The maximum atomic E-state index is 12.2. The molecule has 0 saturated carbocycles. The van der Waals surface area contributed by atoms with Gasteiger partial charge in [0.25, 0.3) is 11.8 Å². The number of hydrogen-bond acceptors (Lipinski definition) is 4. The Bertz CT molecular complexity index is 832. The summed E-state index contributed by atoms with van der Waals surface area (Å²) >= 11 is 0. The van der Waals surface area contributed by atoms with Crippen LogP contribution in [0.15, 0.2) is 48.5 Å². The quantitative estimate of drug-likeness (QED) is 0.640. The Kier molecular flexibility index (Phi) is 7.56. The summed E-state index contributed by atoms with van der Waals surface area (Å²) in [6.45, 7) is 6.16. The van der Waals surface area contributed by atoms with E-state index in [2.05, 4.69) is 16.2 Å². The molecule has 0 bridgehead atoms. The average molecular weight is 383 g/mol. The van der Waals surface area contributed by atoms with Crippen LogP contribution in [0, 0.1) is 5.92 Å². The smallest absolute Gasteiger partial charge is 0.269 e. The summed E-state index contributed by atoms with van der Waals surface area (Å²) in [6.07, 6.45) is 0.867. The van der Waals surface area contributed by atoms with E-state index in [1.807, 2.05) is 6.92 Å². The van der Waals surface area contributed by atoms with Gasteiger partial charge in [0.05, 0.1) is 6.61 Å². The number of ether oxygens (including phenoxy) is 1. The third-order valence-corrected chi connectivity index (χ3v) is 3.80. The van der Waals surface area contributed by atoms with Gasteiger partial charge in [-0.25, -0.2) is 0 Å². The number of hydrogen-bond donors (Lipinski definition) is 3. The summed E-state index contributed by atoms with van der Waals surface area (Å²) in [5.41, 5.74) is 6.08. The van der Waals surface area contributed by atoms with E-state index < -0.39 is 11.8 Å². The molecule has 0 radical (unpaired) electrons. The fourth-order valence-electron chi connectivity index (χ4n) is 2.20. The number of benzene rings is 2. The number of rotatable bonds is 7. The predicted octanol–water partition coefficient (Wildman–Crippen LogP) is 3.14. The van der Waals surface area contributed by atoms with E-state index in [1.165, 1.54) is 0 Å². The minimum atomic E-state index is -0.464. The van der Waals surface area contributed by atoms with Gasteiger partial charge in [0.1, 0.15) is 5.75 Å². The highest BCUT2D eigenvalue weighted by Crippen LogP contribution is 2.14. The number of carbonyl (C=O) groups is 3. The van der Waals surface area contributed by atoms with Crippen molar-refractivity contribution in [3.63, 3.8) is 0 Å². The monoisotopic (exact) mass is 383 g/mol. The Hall–Kier alpha value is -3.35. The van der Waals surface area contributed by atoms with Gasteiger partial charge in [0, 0.05) is 22.7 Å². The largest absolute Gasteiger partial charge is 0.494 e. The normalized spacial score (nSPS) is 10.3. The third kappa shape index (κ3) is 6.12. The summed E-state index contributed by atoms with van der Waals surface area (Å²) in [5.74, 6) is -0.553. The maximum absolute atomic E-state index is 12.2. The summed E-state index contributed by atoms with van der Waals surface area (Å²) in [4.78, 5) is 36.1. The zero-order valence-electron chi connectivity index (χ0n) is 16.2. The van der Waals surface area contributed by atoms with Crippen molar-refractivity contribution in [1.82, 2.24) is 10.9 Å². The fraction of sp³-hybridized carbons (Fsp3) is 0.286. The van der Waals surface area contributed by atoms with Gasteiger partial charge < -0.3 is 10.1 Å². The lowest BCUT2D eigenvalue weighted by Crippen LogP contribution is -2.41. The number of hydrazine groups is 1. The average Bonchev–Trinajstić information content (AvgIpc) is 2.70. The van der Waals surface area contributed by atoms with Crippen molar-refractivity contribution < 1.29 is 19.1 Å². The van der Waals surface area contributed by atoms with Gasteiger partial charge in [0.15, 0.2) is 0 Å². The van der Waals surface area contributed by atoms with Crippen LogP contribution in [0.1, 0.15) is 47.9 Å². The van der Waals surface area contributed by atoms with E-state index in [-0.39, 0.29) is 11.8 Å². The minimum absolute atomic E-state index is 0.102. The Morgan fingerprint density at radius 1 is 0.929 bits per heavy atom. The molecule has 0 fully saturated rings. The highest BCUT2D eigenvalue weighted by molar-refractivity contribution is 5.99. The van der Waals surface area contributed by atoms with Gasteiger partial charge >= 0.3 is 0 Å². The number of nitrogens with one attached hydrogen (secondary N) is 3. The molecule has 28 heavy (non-hydrogen) atoms. The van der Waals surface area contributed by atoms with Crippen LogP contribution in [0.3, 0.4) is 0 Å². The first kappa shape index (κ1) is 21.0. The summed E-state index contributed by atoms with van der Waals surface area (Å²) in [7, 11) is 0. The molecule has 0 aliphatic carbocycles. The molecule has 148 valence electrons.